The summed E-state index contributed by atoms with van der Waals surface area (Å²) in [5, 5.41) is 3.46. The number of carbonyl (C=O) groups is 1. The molecule has 3 rings (SSSR count). The van der Waals surface area contributed by atoms with Crippen LogP contribution < -0.4 is 11.1 Å². The Morgan fingerprint density at radius 1 is 1.21 bits per heavy atom. The van der Waals surface area contributed by atoms with Crippen LogP contribution in [-0.2, 0) is 17.9 Å². The second-order valence-electron chi connectivity index (χ2n) is 8.64. The molecule has 0 radical (unpaired) electrons. The minimum Gasteiger partial charge on any atom is -0.369 e. The molecule has 1 aromatic rings. The highest BCUT2D eigenvalue weighted by atomic mass is 16.1. The normalized spacial score (nSPS) is 21.9. The summed E-state index contributed by atoms with van der Waals surface area (Å²) in [6.07, 6.45) is 4.44. The molecule has 2 saturated heterocycles. The molecule has 29 heavy (non-hydrogen) atoms. The monoisotopic (exact) mass is 399 g/mol. The van der Waals surface area contributed by atoms with Gasteiger partial charge in [0.25, 0.3) is 0 Å². The van der Waals surface area contributed by atoms with Crippen LogP contribution >= 0.6 is 0 Å². The van der Waals surface area contributed by atoms with E-state index in [0.29, 0.717) is 6.54 Å². The molecular formula is C23H37N5O. The van der Waals surface area contributed by atoms with Crippen molar-refractivity contribution in [3.63, 3.8) is 0 Å². The van der Waals surface area contributed by atoms with E-state index in [1.54, 1.807) is 0 Å². The van der Waals surface area contributed by atoms with Gasteiger partial charge in [-0.15, -0.1) is 0 Å². The number of amides is 1. The number of benzene rings is 1. The van der Waals surface area contributed by atoms with Crippen LogP contribution in [0, 0.1) is 11.8 Å². The summed E-state index contributed by atoms with van der Waals surface area (Å²) < 4.78 is 0. The Hall–Kier alpha value is -2.08. The van der Waals surface area contributed by atoms with Crippen LogP contribution in [0.5, 0.6) is 0 Å². The second-order valence-corrected chi connectivity index (χ2v) is 8.64. The maximum Gasteiger partial charge on any atom is 0.221 e. The Bertz CT molecular complexity index is 696. The van der Waals surface area contributed by atoms with Crippen LogP contribution in [0.4, 0.5) is 0 Å². The molecular weight excluding hydrogens is 362 g/mol. The Kier molecular flexibility index (Phi) is 7.92. The van der Waals surface area contributed by atoms with Gasteiger partial charge in [-0.1, -0.05) is 31.2 Å². The average Bonchev–Trinajstić information content (AvgIpc) is 2.72. The van der Waals surface area contributed by atoms with Gasteiger partial charge in [0.05, 0.1) is 12.5 Å². The van der Waals surface area contributed by atoms with Crippen molar-refractivity contribution in [2.24, 2.45) is 22.6 Å². The predicted octanol–water partition coefficient (Wildman–Crippen LogP) is 2.58. The predicted molar refractivity (Wildman–Crippen MR) is 118 cm³/mol. The summed E-state index contributed by atoms with van der Waals surface area (Å²) in [6, 6.07) is 8.68. The van der Waals surface area contributed by atoms with E-state index in [0.717, 1.165) is 64.0 Å². The zero-order valence-electron chi connectivity index (χ0n) is 18.1. The molecule has 2 fully saturated rings. The van der Waals surface area contributed by atoms with Crippen molar-refractivity contribution in [2.45, 2.75) is 52.6 Å². The van der Waals surface area contributed by atoms with Gasteiger partial charge in [-0.3, -0.25) is 9.69 Å². The van der Waals surface area contributed by atoms with Gasteiger partial charge in [-0.25, -0.2) is 4.99 Å². The first-order valence-corrected chi connectivity index (χ1v) is 11.2. The van der Waals surface area contributed by atoms with Gasteiger partial charge in [0.2, 0.25) is 5.91 Å². The fraction of sp³-hybridized carbons (Fsp3) is 0.652. The van der Waals surface area contributed by atoms with E-state index in [-0.39, 0.29) is 11.8 Å². The molecule has 0 spiro atoms. The second kappa shape index (κ2) is 10.6. The Balaban J connectivity index is 1.60. The Morgan fingerprint density at radius 3 is 2.69 bits per heavy atom. The number of hydrogen-bond acceptors (Lipinski definition) is 3. The van der Waals surface area contributed by atoms with Gasteiger partial charge in [0, 0.05) is 32.7 Å². The first-order valence-electron chi connectivity index (χ1n) is 11.2. The highest BCUT2D eigenvalue weighted by molar-refractivity contribution is 5.80. The van der Waals surface area contributed by atoms with Crippen LogP contribution in [-0.4, -0.2) is 54.4 Å². The van der Waals surface area contributed by atoms with Crippen LogP contribution in [0.15, 0.2) is 29.3 Å². The topological polar surface area (TPSA) is 74.0 Å². The van der Waals surface area contributed by atoms with Gasteiger partial charge in [0.1, 0.15) is 0 Å². The molecule has 1 unspecified atom stereocenters. The number of carbonyl (C=O) groups excluding carboxylic acids is 1. The van der Waals surface area contributed by atoms with Crippen molar-refractivity contribution >= 4 is 11.9 Å². The number of aliphatic imine (C=N–C) groups is 1. The molecule has 6 nitrogen and oxygen atoms in total. The first kappa shape index (κ1) is 21.6. The lowest BCUT2D eigenvalue weighted by Gasteiger charge is -2.33. The van der Waals surface area contributed by atoms with E-state index in [4.69, 9.17) is 10.7 Å². The summed E-state index contributed by atoms with van der Waals surface area (Å²) in [7, 11) is 0. The summed E-state index contributed by atoms with van der Waals surface area (Å²) in [6.45, 7) is 10.9. The number of hydrogen-bond donors (Lipinski definition) is 2. The van der Waals surface area contributed by atoms with Crippen molar-refractivity contribution in [1.29, 1.82) is 0 Å². The van der Waals surface area contributed by atoms with Crippen LogP contribution in [0.1, 0.15) is 50.7 Å². The number of guanidine groups is 1. The molecule has 0 aliphatic carbocycles. The molecule has 6 heteroatoms. The third-order valence-electron chi connectivity index (χ3n) is 6.13. The number of piperidine rings is 2. The minimum absolute atomic E-state index is 0.00790. The van der Waals surface area contributed by atoms with E-state index >= 15 is 0 Å². The van der Waals surface area contributed by atoms with Crippen molar-refractivity contribution in [2.75, 3.05) is 32.7 Å². The highest BCUT2D eigenvalue weighted by Gasteiger charge is 2.24. The molecule has 2 aliphatic rings. The maximum atomic E-state index is 11.5. The van der Waals surface area contributed by atoms with Crippen molar-refractivity contribution in [1.82, 2.24) is 15.1 Å². The number of likely N-dealkylation sites (tertiary alicyclic amines) is 2. The lowest BCUT2D eigenvalue weighted by atomic mass is 9.97. The van der Waals surface area contributed by atoms with Crippen molar-refractivity contribution < 1.29 is 4.79 Å². The standard InChI is InChI=1S/C23H37N5O/c1-3-25-23(28-12-9-18(2)10-13-28)26-15-19-6-4-7-20(14-19)16-27-11-5-8-21(17-27)22(24)29/h4,6-7,14,18,21H,3,5,8-13,15-17H2,1-2H3,(H2,24,29)(H,25,26). The molecule has 2 heterocycles. The Labute approximate surface area is 175 Å². The minimum atomic E-state index is -0.166. The van der Waals surface area contributed by atoms with Gasteiger partial charge in [0.15, 0.2) is 5.96 Å². The smallest absolute Gasteiger partial charge is 0.221 e. The Morgan fingerprint density at radius 2 is 1.97 bits per heavy atom. The molecule has 2 aliphatic heterocycles. The molecule has 3 N–H and O–H groups in total. The van der Waals surface area contributed by atoms with Crippen LogP contribution in [0.2, 0.25) is 0 Å². The fourth-order valence-electron chi connectivity index (χ4n) is 4.33. The summed E-state index contributed by atoms with van der Waals surface area (Å²) in [5.41, 5.74) is 8.02. The van der Waals surface area contributed by atoms with E-state index in [2.05, 4.69) is 53.2 Å². The van der Waals surface area contributed by atoms with Gasteiger partial charge < -0.3 is 16.0 Å². The number of nitrogens with two attached hydrogens (primary N) is 1. The van der Waals surface area contributed by atoms with Crippen LogP contribution in [0.3, 0.4) is 0 Å². The van der Waals surface area contributed by atoms with E-state index in [1.807, 2.05) is 0 Å². The molecule has 1 amide bonds. The number of rotatable bonds is 6. The summed E-state index contributed by atoms with van der Waals surface area (Å²) in [5.74, 6) is 1.67. The lowest BCUT2D eigenvalue weighted by Crippen LogP contribution is -2.45. The van der Waals surface area contributed by atoms with Gasteiger partial charge in [-0.05, 0) is 56.2 Å². The van der Waals surface area contributed by atoms with E-state index in [9.17, 15) is 4.79 Å². The van der Waals surface area contributed by atoms with Gasteiger partial charge in [-0.2, -0.15) is 0 Å². The molecule has 1 atom stereocenters. The highest BCUT2D eigenvalue weighted by Crippen LogP contribution is 2.19. The van der Waals surface area contributed by atoms with E-state index < -0.39 is 0 Å². The maximum absolute atomic E-state index is 11.5. The molecule has 0 saturated carbocycles. The van der Waals surface area contributed by atoms with Crippen molar-refractivity contribution in [3.05, 3.63) is 35.4 Å². The summed E-state index contributed by atoms with van der Waals surface area (Å²) in [4.78, 5) is 21.2. The van der Waals surface area contributed by atoms with Gasteiger partial charge >= 0.3 is 0 Å². The van der Waals surface area contributed by atoms with Crippen molar-refractivity contribution in [3.8, 4) is 0 Å². The van der Waals surface area contributed by atoms with Crippen LogP contribution in [0.25, 0.3) is 0 Å². The van der Waals surface area contributed by atoms with E-state index in [1.165, 1.54) is 24.0 Å². The molecule has 1 aromatic carbocycles. The SMILES string of the molecule is CCNC(=NCc1cccc(CN2CCCC(C(N)=O)C2)c1)N1CCC(C)CC1. The molecule has 0 bridgehead atoms. The third-order valence-corrected chi connectivity index (χ3v) is 6.13. The fourth-order valence-corrected chi connectivity index (χ4v) is 4.33. The quantitative estimate of drug-likeness (QED) is 0.570. The summed E-state index contributed by atoms with van der Waals surface area (Å²) >= 11 is 0. The molecule has 0 aromatic heterocycles. The zero-order valence-corrected chi connectivity index (χ0v) is 18.1. The number of primary amides is 1. The zero-order chi connectivity index (χ0) is 20.6. The third kappa shape index (κ3) is 6.46. The number of nitrogens with one attached hydrogen (secondary N) is 1. The first-order chi connectivity index (χ1) is 14.0. The largest absolute Gasteiger partial charge is 0.369 e. The average molecular weight is 400 g/mol. The lowest BCUT2D eigenvalue weighted by molar-refractivity contribution is -0.123. The molecule has 160 valence electrons. The number of nitrogens with zero attached hydrogens (tertiary/aromatic N) is 3.